The van der Waals surface area contributed by atoms with Crippen LogP contribution in [0.2, 0.25) is 0 Å². The zero-order valence-corrected chi connectivity index (χ0v) is 10.8. The Kier molecular flexibility index (Phi) is 4.95. The Bertz CT molecular complexity index is 436. The van der Waals surface area contributed by atoms with Crippen molar-refractivity contribution in [3.05, 3.63) is 72.9 Å². The second kappa shape index (κ2) is 6.95. The average Bonchev–Trinajstić information content (AvgIpc) is 2.46. The summed E-state index contributed by atoms with van der Waals surface area (Å²) in [5.74, 6) is 0.586. The summed E-state index contributed by atoms with van der Waals surface area (Å²) < 4.78 is 0. The summed E-state index contributed by atoms with van der Waals surface area (Å²) >= 11 is 0. The van der Waals surface area contributed by atoms with E-state index in [2.05, 4.69) is 48.3 Å². The van der Waals surface area contributed by atoms with Gasteiger partial charge in [0.2, 0.25) is 0 Å². The lowest BCUT2D eigenvalue weighted by Gasteiger charge is -2.14. The number of rotatable bonds is 6. The Morgan fingerprint density at radius 3 is 2.56 bits per heavy atom. The zero-order valence-electron chi connectivity index (χ0n) is 10.8. The third-order valence-electron chi connectivity index (χ3n) is 3.36. The molecule has 0 aliphatic heterocycles. The standard InChI is InChI=1S/C17H20N/c1-2-16(17-10-4-3-5-11-17)12-6-8-15-9-7-13-18-14-15/h3-5,7,9-11,13-14,16H,1-2,6,8,12H2. The highest BCUT2D eigenvalue weighted by Gasteiger charge is 2.08. The number of hydrogen-bond donors (Lipinski definition) is 0. The molecule has 1 aromatic heterocycles. The van der Waals surface area contributed by atoms with Gasteiger partial charge in [-0.3, -0.25) is 4.98 Å². The predicted molar refractivity (Wildman–Crippen MR) is 76.3 cm³/mol. The van der Waals surface area contributed by atoms with Crippen molar-refractivity contribution in [2.24, 2.45) is 0 Å². The van der Waals surface area contributed by atoms with Crippen molar-refractivity contribution in [2.45, 2.75) is 31.6 Å². The van der Waals surface area contributed by atoms with Crippen molar-refractivity contribution in [3.63, 3.8) is 0 Å². The third-order valence-corrected chi connectivity index (χ3v) is 3.36. The highest BCUT2D eigenvalue weighted by Crippen LogP contribution is 2.24. The van der Waals surface area contributed by atoms with Crippen LogP contribution in [0.15, 0.2) is 54.9 Å². The van der Waals surface area contributed by atoms with Crippen molar-refractivity contribution in [1.82, 2.24) is 4.98 Å². The number of nitrogens with zero attached hydrogens (tertiary/aromatic N) is 1. The van der Waals surface area contributed by atoms with Gasteiger partial charge in [0.1, 0.15) is 0 Å². The maximum Gasteiger partial charge on any atom is 0.0299 e. The fourth-order valence-corrected chi connectivity index (χ4v) is 2.30. The second-order valence-corrected chi connectivity index (χ2v) is 4.65. The molecule has 93 valence electrons. The molecule has 0 amide bonds. The van der Waals surface area contributed by atoms with E-state index in [1.165, 1.54) is 24.0 Å². The molecule has 0 N–H and O–H groups in total. The molecular formula is C17H20N. The van der Waals surface area contributed by atoms with Gasteiger partial charge in [-0.15, -0.1) is 0 Å². The topological polar surface area (TPSA) is 12.9 Å². The quantitative estimate of drug-likeness (QED) is 0.726. The molecule has 1 heterocycles. The first kappa shape index (κ1) is 12.8. The zero-order chi connectivity index (χ0) is 12.6. The average molecular weight is 238 g/mol. The summed E-state index contributed by atoms with van der Waals surface area (Å²) in [5.41, 5.74) is 2.74. The first-order valence-electron chi connectivity index (χ1n) is 6.63. The van der Waals surface area contributed by atoms with Crippen molar-refractivity contribution < 1.29 is 0 Å². The Balaban J connectivity index is 1.85. The largest absolute Gasteiger partial charge is 0.264 e. The van der Waals surface area contributed by atoms with Crippen LogP contribution in [-0.4, -0.2) is 4.98 Å². The van der Waals surface area contributed by atoms with E-state index in [9.17, 15) is 0 Å². The maximum absolute atomic E-state index is 4.15. The van der Waals surface area contributed by atoms with Crippen LogP contribution in [0.5, 0.6) is 0 Å². The van der Waals surface area contributed by atoms with Gasteiger partial charge < -0.3 is 0 Å². The number of aromatic nitrogens is 1. The molecule has 2 aromatic rings. The fourth-order valence-electron chi connectivity index (χ4n) is 2.30. The van der Waals surface area contributed by atoms with E-state index in [4.69, 9.17) is 0 Å². The first-order chi connectivity index (χ1) is 8.90. The van der Waals surface area contributed by atoms with Gasteiger partial charge in [-0.05, 0) is 48.8 Å². The number of hydrogen-bond acceptors (Lipinski definition) is 1. The normalized spacial score (nSPS) is 12.3. The monoisotopic (exact) mass is 238 g/mol. The smallest absolute Gasteiger partial charge is 0.0299 e. The molecule has 0 saturated heterocycles. The van der Waals surface area contributed by atoms with Crippen molar-refractivity contribution in [3.8, 4) is 0 Å². The van der Waals surface area contributed by atoms with Crippen LogP contribution in [0, 0.1) is 6.92 Å². The van der Waals surface area contributed by atoms with Gasteiger partial charge in [-0.25, -0.2) is 0 Å². The summed E-state index contributed by atoms with van der Waals surface area (Å²) in [5, 5.41) is 0. The van der Waals surface area contributed by atoms with E-state index in [0.717, 1.165) is 12.8 Å². The summed E-state index contributed by atoms with van der Waals surface area (Å²) in [4.78, 5) is 4.15. The highest BCUT2D eigenvalue weighted by atomic mass is 14.6. The Labute approximate surface area is 110 Å². The summed E-state index contributed by atoms with van der Waals surface area (Å²) in [6, 6.07) is 14.9. The minimum absolute atomic E-state index is 0.586. The minimum Gasteiger partial charge on any atom is -0.264 e. The molecule has 0 aliphatic rings. The molecule has 1 aromatic carbocycles. The Morgan fingerprint density at radius 2 is 1.89 bits per heavy atom. The fraction of sp³-hybridized carbons (Fsp3) is 0.294. The van der Waals surface area contributed by atoms with E-state index in [-0.39, 0.29) is 0 Å². The highest BCUT2D eigenvalue weighted by molar-refractivity contribution is 5.19. The van der Waals surface area contributed by atoms with Crippen molar-refractivity contribution in [1.29, 1.82) is 0 Å². The van der Waals surface area contributed by atoms with Crippen LogP contribution in [0.3, 0.4) is 0 Å². The molecule has 0 fully saturated rings. The molecule has 18 heavy (non-hydrogen) atoms. The summed E-state index contributed by atoms with van der Waals surface area (Å²) in [6.07, 6.45) is 8.26. The molecule has 0 saturated carbocycles. The van der Waals surface area contributed by atoms with Crippen molar-refractivity contribution in [2.75, 3.05) is 0 Å². The van der Waals surface area contributed by atoms with E-state index in [1.807, 2.05) is 18.5 Å². The summed E-state index contributed by atoms with van der Waals surface area (Å²) in [7, 11) is 0. The SMILES string of the molecule is [CH2]CC(CCCc1cccnc1)c1ccccc1. The Morgan fingerprint density at radius 1 is 1.06 bits per heavy atom. The van der Waals surface area contributed by atoms with Crippen LogP contribution >= 0.6 is 0 Å². The van der Waals surface area contributed by atoms with E-state index in [1.54, 1.807) is 0 Å². The van der Waals surface area contributed by atoms with Gasteiger partial charge in [0, 0.05) is 12.4 Å². The first-order valence-corrected chi connectivity index (χ1v) is 6.63. The molecule has 0 bridgehead atoms. The lowest BCUT2D eigenvalue weighted by molar-refractivity contribution is 0.595. The summed E-state index contributed by atoms with van der Waals surface area (Å²) in [6.45, 7) is 4.08. The van der Waals surface area contributed by atoms with Crippen LogP contribution < -0.4 is 0 Å². The van der Waals surface area contributed by atoms with Gasteiger partial charge in [-0.2, -0.15) is 0 Å². The van der Waals surface area contributed by atoms with E-state index >= 15 is 0 Å². The lowest BCUT2D eigenvalue weighted by Crippen LogP contribution is -1.98. The predicted octanol–water partition coefficient (Wildman–Crippen LogP) is 4.41. The van der Waals surface area contributed by atoms with Crippen molar-refractivity contribution >= 4 is 0 Å². The molecule has 0 aliphatic carbocycles. The van der Waals surface area contributed by atoms with Gasteiger partial charge in [0.05, 0.1) is 0 Å². The van der Waals surface area contributed by atoms with Gasteiger partial charge in [0.25, 0.3) is 0 Å². The van der Waals surface area contributed by atoms with Crippen LogP contribution in [0.1, 0.15) is 36.3 Å². The molecule has 1 unspecified atom stereocenters. The van der Waals surface area contributed by atoms with Gasteiger partial charge in [0.15, 0.2) is 0 Å². The number of aryl methyl sites for hydroxylation is 1. The van der Waals surface area contributed by atoms with Crippen LogP contribution in [0.25, 0.3) is 0 Å². The van der Waals surface area contributed by atoms with Gasteiger partial charge >= 0.3 is 0 Å². The molecule has 0 spiro atoms. The maximum atomic E-state index is 4.15. The second-order valence-electron chi connectivity index (χ2n) is 4.65. The van der Waals surface area contributed by atoms with E-state index in [0.29, 0.717) is 5.92 Å². The molecule has 2 rings (SSSR count). The Hall–Kier alpha value is -1.63. The molecule has 1 heteroatoms. The number of benzene rings is 1. The van der Waals surface area contributed by atoms with E-state index < -0.39 is 0 Å². The third kappa shape index (κ3) is 3.69. The minimum atomic E-state index is 0.586. The van der Waals surface area contributed by atoms with Gasteiger partial charge in [-0.1, -0.05) is 43.3 Å². The lowest BCUT2D eigenvalue weighted by atomic mass is 9.91. The van der Waals surface area contributed by atoms with Crippen LogP contribution in [0.4, 0.5) is 0 Å². The van der Waals surface area contributed by atoms with Crippen LogP contribution in [-0.2, 0) is 6.42 Å². The molecule has 1 atom stereocenters. The molecule has 1 radical (unpaired) electrons. The molecule has 1 nitrogen and oxygen atoms in total. The molecular weight excluding hydrogens is 218 g/mol. The number of pyridine rings is 1.